The molecule has 0 aliphatic heterocycles. The second-order valence-corrected chi connectivity index (χ2v) is 4.21. The van der Waals surface area contributed by atoms with Gasteiger partial charge in [0.2, 0.25) is 5.95 Å². The van der Waals surface area contributed by atoms with Gasteiger partial charge in [0.25, 0.3) is 5.91 Å². The topological polar surface area (TPSA) is 90.7 Å². The van der Waals surface area contributed by atoms with Crippen molar-refractivity contribution in [3.63, 3.8) is 0 Å². The molecule has 0 saturated carbocycles. The Kier molecular flexibility index (Phi) is 4.62. The highest BCUT2D eigenvalue weighted by atomic mass is 16.1. The van der Waals surface area contributed by atoms with Crippen LogP contribution in [0.3, 0.4) is 0 Å². The molecule has 0 aliphatic rings. The molecule has 0 unspecified atom stereocenters. The monoisotopic (exact) mass is 279 g/mol. The summed E-state index contributed by atoms with van der Waals surface area (Å²) in [5, 5.41) is 14.4. The van der Waals surface area contributed by atoms with Crippen LogP contribution in [0.15, 0.2) is 54.5 Å². The van der Waals surface area contributed by atoms with Crippen LogP contribution in [0, 0.1) is 18.3 Å². The summed E-state index contributed by atoms with van der Waals surface area (Å²) in [6.45, 7) is 1.95. The summed E-state index contributed by atoms with van der Waals surface area (Å²) in [5.41, 5.74) is 1.65. The van der Waals surface area contributed by atoms with Gasteiger partial charge in [0.05, 0.1) is 0 Å². The van der Waals surface area contributed by atoms with Gasteiger partial charge in [-0.2, -0.15) is 5.26 Å². The Labute approximate surface area is 122 Å². The predicted octanol–water partition coefficient (Wildman–Crippen LogP) is 2.24. The van der Waals surface area contributed by atoms with Crippen molar-refractivity contribution in [2.75, 3.05) is 10.6 Å². The number of rotatable bonds is 4. The van der Waals surface area contributed by atoms with E-state index in [4.69, 9.17) is 5.26 Å². The summed E-state index contributed by atoms with van der Waals surface area (Å²) < 4.78 is 0. The van der Waals surface area contributed by atoms with Gasteiger partial charge < -0.3 is 10.6 Å². The number of nitrogens with one attached hydrogen (secondary N) is 2. The molecular formula is C15H13N5O. The SMILES string of the molecule is Cc1ccc(NC(=O)/C(C#N)=C\Nc2ncccn2)cc1. The maximum absolute atomic E-state index is 12.0. The quantitative estimate of drug-likeness (QED) is 0.661. The summed E-state index contributed by atoms with van der Waals surface area (Å²) in [6.07, 6.45) is 4.39. The van der Waals surface area contributed by atoms with E-state index in [-0.39, 0.29) is 5.57 Å². The average Bonchev–Trinajstić information content (AvgIpc) is 2.51. The number of hydrogen-bond acceptors (Lipinski definition) is 5. The first-order valence-electron chi connectivity index (χ1n) is 6.21. The van der Waals surface area contributed by atoms with Crippen molar-refractivity contribution in [2.24, 2.45) is 0 Å². The van der Waals surface area contributed by atoms with Gasteiger partial charge in [0, 0.05) is 24.3 Å². The zero-order valence-electron chi connectivity index (χ0n) is 11.4. The van der Waals surface area contributed by atoms with Crippen molar-refractivity contribution in [3.8, 4) is 6.07 Å². The molecule has 0 saturated heterocycles. The van der Waals surface area contributed by atoms with Crippen LogP contribution in [0.5, 0.6) is 0 Å². The lowest BCUT2D eigenvalue weighted by Gasteiger charge is -2.05. The highest BCUT2D eigenvalue weighted by Gasteiger charge is 2.09. The van der Waals surface area contributed by atoms with Crippen molar-refractivity contribution in [1.29, 1.82) is 5.26 Å². The average molecular weight is 279 g/mol. The maximum atomic E-state index is 12.0. The number of carbonyl (C=O) groups is 1. The van der Waals surface area contributed by atoms with Crippen LogP contribution < -0.4 is 10.6 Å². The molecule has 1 heterocycles. The van der Waals surface area contributed by atoms with E-state index in [0.717, 1.165) is 5.56 Å². The van der Waals surface area contributed by atoms with Crippen molar-refractivity contribution >= 4 is 17.5 Å². The molecule has 104 valence electrons. The van der Waals surface area contributed by atoms with E-state index in [1.807, 2.05) is 25.1 Å². The van der Waals surface area contributed by atoms with Gasteiger partial charge in [-0.1, -0.05) is 17.7 Å². The van der Waals surface area contributed by atoms with Gasteiger partial charge in [0.15, 0.2) is 0 Å². The van der Waals surface area contributed by atoms with Crippen molar-refractivity contribution < 1.29 is 4.79 Å². The number of benzene rings is 1. The molecule has 0 bridgehead atoms. The van der Waals surface area contributed by atoms with Gasteiger partial charge in [-0.25, -0.2) is 9.97 Å². The highest BCUT2D eigenvalue weighted by molar-refractivity contribution is 6.06. The first kappa shape index (κ1) is 14.2. The van der Waals surface area contributed by atoms with Crippen LogP contribution in [0.4, 0.5) is 11.6 Å². The van der Waals surface area contributed by atoms with Crippen LogP contribution in [0.2, 0.25) is 0 Å². The minimum absolute atomic E-state index is 0.0666. The smallest absolute Gasteiger partial charge is 0.267 e. The molecule has 2 aromatic rings. The number of carbonyl (C=O) groups excluding carboxylic acids is 1. The number of nitrogens with zero attached hydrogens (tertiary/aromatic N) is 3. The van der Waals surface area contributed by atoms with E-state index < -0.39 is 5.91 Å². The van der Waals surface area contributed by atoms with E-state index >= 15 is 0 Å². The molecule has 0 aliphatic carbocycles. The van der Waals surface area contributed by atoms with E-state index in [1.165, 1.54) is 6.20 Å². The number of anilines is 2. The Morgan fingerprint density at radius 3 is 2.52 bits per heavy atom. The first-order valence-corrected chi connectivity index (χ1v) is 6.21. The lowest BCUT2D eigenvalue weighted by molar-refractivity contribution is -0.112. The second kappa shape index (κ2) is 6.82. The Balaban J connectivity index is 2.05. The Morgan fingerprint density at radius 2 is 1.90 bits per heavy atom. The molecule has 21 heavy (non-hydrogen) atoms. The molecule has 0 radical (unpaired) electrons. The molecule has 6 heteroatoms. The first-order chi connectivity index (χ1) is 10.2. The molecule has 2 rings (SSSR count). The van der Waals surface area contributed by atoms with Gasteiger partial charge in [-0.15, -0.1) is 0 Å². The number of amides is 1. The van der Waals surface area contributed by atoms with Crippen molar-refractivity contribution in [2.45, 2.75) is 6.92 Å². The minimum Gasteiger partial charge on any atom is -0.329 e. The molecule has 0 atom stereocenters. The number of aryl methyl sites for hydroxylation is 1. The van der Waals surface area contributed by atoms with Crippen molar-refractivity contribution in [1.82, 2.24) is 9.97 Å². The standard InChI is InChI=1S/C15H13N5O/c1-11-3-5-13(6-4-11)20-14(21)12(9-16)10-19-15-17-7-2-8-18-15/h2-8,10H,1H3,(H,20,21)(H,17,18,19)/b12-10-. The second-order valence-electron chi connectivity index (χ2n) is 4.21. The third-order valence-corrected chi connectivity index (χ3v) is 2.59. The molecule has 0 fully saturated rings. The van der Waals surface area contributed by atoms with Crippen LogP contribution in [0.1, 0.15) is 5.56 Å². The van der Waals surface area contributed by atoms with E-state index in [2.05, 4.69) is 20.6 Å². The van der Waals surface area contributed by atoms with E-state index in [9.17, 15) is 4.79 Å². The van der Waals surface area contributed by atoms with Crippen LogP contribution in [0.25, 0.3) is 0 Å². The lowest BCUT2D eigenvalue weighted by atomic mass is 10.2. The fourth-order valence-corrected chi connectivity index (χ4v) is 1.49. The van der Waals surface area contributed by atoms with Crippen LogP contribution in [-0.2, 0) is 4.79 Å². The van der Waals surface area contributed by atoms with Crippen LogP contribution in [-0.4, -0.2) is 15.9 Å². The van der Waals surface area contributed by atoms with E-state index in [1.54, 1.807) is 30.6 Å². The molecule has 0 spiro atoms. The summed E-state index contributed by atoms with van der Waals surface area (Å²) >= 11 is 0. The van der Waals surface area contributed by atoms with Crippen molar-refractivity contribution in [3.05, 3.63) is 60.1 Å². The molecular weight excluding hydrogens is 266 g/mol. The van der Waals surface area contributed by atoms with Gasteiger partial charge in [0.1, 0.15) is 11.6 Å². The minimum atomic E-state index is -0.496. The fraction of sp³-hybridized carbons (Fsp3) is 0.0667. The largest absolute Gasteiger partial charge is 0.329 e. The van der Waals surface area contributed by atoms with Gasteiger partial charge in [-0.3, -0.25) is 4.79 Å². The van der Waals surface area contributed by atoms with Gasteiger partial charge in [-0.05, 0) is 25.1 Å². The Hall–Kier alpha value is -3.20. The summed E-state index contributed by atoms with van der Waals surface area (Å²) in [4.78, 5) is 19.8. The predicted molar refractivity (Wildman–Crippen MR) is 79.2 cm³/mol. The highest BCUT2D eigenvalue weighted by Crippen LogP contribution is 2.10. The molecule has 1 aromatic carbocycles. The maximum Gasteiger partial charge on any atom is 0.267 e. The zero-order valence-corrected chi connectivity index (χ0v) is 11.4. The van der Waals surface area contributed by atoms with Crippen LogP contribution >= 0.6 is 0 Å². The number of hydrogen-bond donors (Lipinski definition) is 2. The number of nitriles is 1. The third-order valence-electron chi connectivity index (χ3n) is 2.59. The molecule has 6 nitrogen and oxygen atoms in total. The Bertz CT molecular complexity index is 686. The fourth-order valence-electron chi connectivity index (χ4n) is 1.49. The van der Waals surface area contributed by atoms with E-state index in [0.29, 0.717) is 11.6 Å². The summed E-state index contributed by atoms with van der Waals surface area (Å²) in [5.74, 6) is -0.182. The normalized spacial score (nSPS) is 10.6. The molecule has 1 amide bonds. The van der Waals surface area contributed by atoms with Gasteiger partial charge >= 0.3 is 0 Å². The number of aromatic nitrogens is 2. The zero-order chi connectivity index (χ0) is 15.1. The third kappa shape index (κ3) is 4.14. The molecule has 2 N–H and O–H groups in total. The molecule has 1 aromatic heterocycles. The summed E-state index contributed by atoms with van der Waals surface area (Å²) in [7, 11) is 0. The lowest BCUT2D eigenvalue weighted by Crippen LogP contribution is -2.14. The summed E-state index contributed by atoms with van der Waals surface area (Å²) in [6, 6.07) is 10.8. The Morgan fingerprint density at radius 1 is 1.24 bits per heavy atom.